The number of para-hydroxylation sites is 2. The number of benzene rings is 2. The van der Waals surface area contributed by atoms with Gasteiger partial charge in [-0.05, 0) is 24.5 Å². The molecular formula is C19H19N3O4. The first-order valence-electron chi connectivity index (χ1n) is 8.42. The van der Waals surface area contributed by atoms with Gasteiger partial charge < -0.3 is 10.6 Å². The van der Waals surface area contributed by atoms with Gasteiger partial charge in [-0.2, -0.15) is 0 Å². The molecule has 3 rings (SSSR count). The van der Waals surface area contributed by atoms with Crippen LogP contribution < -0.4 is 10.6 Å². The molecule has 0 fully saturated rings. The zero-order valence-corrected chi connectivity index (χ0v) is 14.1. The molecule has 26 heavy (non-hydrogen) atoms. The number of nitro groups is 1. The molecule has 0 saturated heterocycles. The number of rotatable bonds is 6. The van der Waals surface area contributed by atoms with Gasteiger partial charge in [-0.15, -0.1) is 0 Å². The van der Waals surface area contributed by atoms with Crippen molar-refractivity contribution in [3.05, 3.63) is 69.8 Å². The van der Waals surface area contributed by atoms with Crippen molar-refractivity contribution in [3.63, 3.8) is 0 Å². The van der Waals surface area contributed by atoms with Crippen molar-refractivity contribution in [2.24, 2.45) is 5.92 Å². The first-order chi connectivity index (χ1) is 12.5. The van der Waals surface area contributed by atoms with Crippen molar-refractivity contribution in [1.82, 2.24) is 5.32 Å². The van der Waals surface area contributed by atoms with E-state index in [1.54, 1.807) is 18.2 Å². The predicted octanol–water partition coefficient (Wildman–Crippen LogP) is 2.80. The Morgan fingerprint density at radius 1 is 1.19 bits per heavy atom. The second-order valence-electron chi connectivity index (χ2n) is 6.25. The fraction of sp³-hybridized carbons (Fsp3) is 0.263. The minimum absolute atomic E-state index is 0.0175. The molecule has 1 heterocycles. The van der Waals surface area contributed by atoms with Crippen LogP contribution in [-0.2, 0) is 22.6 Å². The molecule has 7 nitrogen and oxygen atoms in total. The summed E-state index contributed by atoms with van der Waals surface area (Å²) in [4.78, 5) is 34.7. The van der Waals surface area contributed by atoms with Gasteiger partial charge in [-0.3, -0.25) is 19.7 Å². The molecule has 0 saturated carbocycles. The summed E-state index contributed by atoms with van der Waals surface area (Å²) >= 11 is 0. The third-order valence-electron chi connectivity index (χ3n) is 4.50. The Bertz CT molecular complexity index is 850. The van der Waals surface area contributed by atoms with E-state index < -0.39 is 4.92 Å². The summed E-state index contributed by atoms with van der Waals surface area (Å²) in [6, 6.07) is 13.9. The number of amides is 2. The van der Waals surface area contributed by atoms with Crippen LogP contribution in [-0.4, -0.2) is 16.7 Å². The maximum Gasteiger partial charge on any atom is 0.274 e. The average molecular weight is 353 g/mol. The van der Waals surface area contributed by atoms with Crippen LogP contribution in [0.5, 0.6) is 0 Å². The minimum Gasteiger partial charge on any atom is -0.352 e. The van der Waals surface area contributed by atoms with E-state index in [0.717, 1.165) is 11.3 Å². The van der Waals surface area contributed by atoms with Crippen LogP contribution in [0.2, 0.25) is 0 Å². The highest BCUT2D eigenvalue weighted by Gasteiger charge is 2.26. The minimum atomic E-state index is -0.467. The van der Waals surface area contributed by atoms with Gasteiger partial charge in [0.25, 0.3) is 5.69 Å². The van der Waals surface area contributed by atoms with E-state index in [4.69, 9.17) is 0 Å². The van der Waals surface area contributed by atoms with Gasteiger partial charge >= 0.3 is 0 Å². The molecule has 1 aliphatic rings. The number of nitrogens with one attached hydrogen (secondary N) is 2. The lowest BCUT2D eigenvalue weighted by atomic mass is 9.89. The maximum atomic E-state index is 12.2. The number of anilines is 1. The van der Waals surface area contributed by atoms with Crippen molar-refractivity contribution in [1.29, 1.82) is 0 Å². The summed E-state index contributed by atoms with van der Waals surface area (Å²) in [5.41, 5.74) is 2.33. The summed E-state index contributed by atoms with van der Waals surface area (Å²) in [5.74, 6) is -0.549. The van der Waals surface area contributed by atoms with Gasteiger partial charge in [-0.25, -0.2) is 0 Å². The third kappa shape index (κ3) is 4.05. The smallest absolute Gasteiger partial charge is 0.274 e. The molecule has 0 aromatic heterocycles. The van der Waals surface area contributed by atoms with Crippen molar-refractivity contribution >= 4 is 23.2 Å². The molecule has 2 N–H and O–H groups in total. The Balaban J connectivity index is 1.52. The zero-order valence-electron chi connectivity index (χ0n) is 14.1. The first-order valence-corrected chi connectivity index (χ1v) is 8.42. The van der Waals surface area contributed by atoms with Crippen molar-refractivity contribution in [2.45, 2.75) is 25.8 Å². The normalized spacial score (nSPS) is 15.7. The highest BCUT2D eigenvalue weighted by atomic mass is 16.6. The Morgan fingerprint density at radius 2 is 1.92 bits per heavy atom. The van der Waals surface area contributed by atoms with Gasteiger partial charge in [0.2, 0.25) is 11.8 Å². The maximum absolute atomic E-state index is 12.2. The van der Waals surface area contributed by atoms with Crippen LogP contribution in [0.4, 0.5) is 11.4 Å². The van der Waals surface area contributed by atoms with E-state index in [1.165, 1.54) is 6.07 Å². The van der Waals surface area contributed by atoms with E-state index in [1.807, 2.05) is 24.3 Å². The quantitative estimate of drug-likeness (QED) is 0.616. The van der Waals surface area contributed by atoms with Crippen molar-refractivity contribution in [2.75, 3.05) is 5.32 Å². The molecular weight excluding hydrogens is 334 g/mol. The summed E-state index contributed by atoms with van der Waals surface area (Å²) in [6.45, 7) is 0.0929. The average Bonchev–Trinajstić information content (AvgIpc) is 2.64. The number of carbonyl (C=O) groups is 2. The molecule has 0 aliphatic carbocycles. The number of hydrogen-bond acceptors (Lipinski definition) is 4. The van der Waals surface area contributed by atoms with Gasteiger partial charge in [0, 0.05) is 36.2 Å². The van der Waals surface area contributed by atoms with Gasteiger partial charge in [0.1, 0.15) is 0 Å². The molecule has 0 bridgehead atoms. The molecule has 1 unspecified atom stereocenters. The van der Waals surface area contributed by atoms with E-state index in [0.29, 0.717) is 18.4 Å². The second kappa shape index (κ2) is 7.77. The molecule has 1 aliphatic heterocycles. The zero-order chi connectivity index (χ0) is 18.5. The lowest BCUT2D eigenvalue weighted by molar-refractivity contribution is -0.385. The van der Waals surface area contributed by atoms with Gasteiger partial charge in [0.15, 0.2) is 0 Å². The summed E-state index contributed by atoms with van der Waals surface area (Å²) in [5, 5.41) is 16.5. The van der Waals surface area contributed by atoms with Crippen LogP contribution in [0, 0.1) is 16.0 Å². The largest absolute Gasteiger partial charge is 0.352 e. The van der Waals surface area contributed by atoms with Crippen molar-refractivity contribution < 1.29 is 14.5 Å². The summed E-state index contributed by atoms with van der Waals surface area (Å²) in [7, 11) is 0. The van der Waals surface area contributed by atoms with Crippen LogP contribution in [0.15, 0.2) is 48.5 Å². The Kier molecular flexibility index (Phi) is 5.26. The Hall–Kier alpha value is -3.22. The molecule has 134 valence electrons. The topological polar surface area (TPSA) is 101 Å². The number of nitro benzene ring substituents is 1. The fourth-order valence-electron chi connectivity index (χ4n) is 3.07. The van der Waals surface area contributed by atoms with Gasteiger partial charge in [-0.1, -0.05) is 36.4 Å². The van der Waals surface area contributed by atoms with Crippen LogP contribution >= 0.6 is 0 Å². The highest BCUT2D eigenvalue weighted by molar-refractivity contribution is 5.96. The number of hydrogen-bond donors (Lipinski definition) is 2. The molecule has 2 aromatic rings. The lowest BCUT2D eigenvalue weighted by Crippen LogP contribution is -2.31. The number of fused-ring (bicyclic) bond motifs is 1. The van der Waals surface area contributed by atoms with Crippen molar-refractivity contribution in [3.8, 4) is 0 Å². The molecule has 0 radical (unpaired) electrons. The van der Waals surface area contributed by atoms with E-state index in [2.05, 4.69) is 10.6 Å². The first kappa shape index (κ1) is 17.6. The Morgan fingerprint density at radius 3 is 2.73 bits per heavy atom. The van der Waals surface area contributed by atoms with Crippen LogP contribution in [0.3, 0.4) is 0 Å². The van der Waals surface area contributed by atoms with E-state index in [-0.39, 0.29) is 36.4 Å². The van der Waals surface area contributed by atoms with E-state index in [9.17, 15) is 19.7 Å². The number of nitrogens with zero attached hydrogens (tertiary/aromatic N) is 1. The predicted molar refractivity (Wildman–Crippen MR) is 96.4 cm³/mol. The molecule has 2 aromatic carbocycles. The standard InChI is InChI=1S/C19H19N3O4/c23-18(20-12-15-6-2-4-8-17(15)22(25)26)10-9-14-11-13-5-1-3-7-16(13)21-19(14)24/h1-8,14H,9-12H2,(H,20,23)(H,21,24). The number of carbonyl (C=O) groups excluding carboxylic acids is 2. The SMILES string of the molecule is O=C(CCC1Cc2ccccc2NC1=O)NCc1ccccc1[N+](=O)[O-]. The highest BCUT2D eigenvalue weighted by Crippen LogP contribution is 2.27. The van der Waals surface area contributed by atoms with Gasteiger partial charge in [0.05, 0.1) is 4.92 Å². The fourth-order valence-corrected chi connectivity index (χ4v) is 3.07. The summed E-state index contributed by atoms with van der Waals surface area (Å²) in [6.07, 6.45) is 1.24. The molecule has 2 amide bonds. The van der Waals surface area contributed by atoms with Crippen LogP contribution in [0.1, 0.15) is 24.0 Å². The summed E-state index contributed by atoms with van der Waals surface area (Å²) < 4.78 is 0. The van der Waals surface area contributed by atoms with E-state index >= 15 is 0 Å². The monoisotopic (exact) mass is 353 g/mol. The lowest BCUT2D eigenvalue weighted by Gasteiger charge is -2.24. The molecule has 1 atom stereocenters. The Labute approximate surface area is 150 Å². The third-order valence-corrected chi connectivity index (χ3v) is 4.50. The van der Waals surface area contributed by atoms with Crippen LogP contribution in [0.25, 0.3) is 0 Å². The second-order valence-corrected chi connectivity index (χ2v) is 6.25. The molecule has 7 heteroatoms. The molecule has 0 spiro atoms.